The predicted molar refractivity (Wildman–Crippen MR) is 145 cm³/mol. The molecule has 3 aromatic rings. The van der Waals surface area contributed by atoms with Crippen LogP contribution in [0.5, 0.6) is 11.5 Å². The van der Waals surface area contributed by atoms with E-state index in [0.29, 0.717) is 27.9 Å². The molecule has 1 aliphatic heterocycles. The van der Waals surface area contributed by atoms with E-state index in [1.54, 1.807) is 24.3 Å². The van der Waals surface area contributed by atoms with Gasteiger partial charge in [-0.1, -0.05) is 11.6 Å². The molecule has 0 radical (unpaired) electrons. The van der Waals surface area contributed by atoms with Crippen LogP contribution in [0.25, 0.3) is 0 Å². The summed E-state index contributed by atoms with van der Waals surface area (Å²) in [5, 5.41) is 5.74. The van der Waals surface area contributed by atoms with Crippen molar-refractivity contribution in [3.8, 4) is 11.5 Å². The first-order chi connectivity index (χ1) is 19.0. The Morgan fingerprint density at radius 3 is 1.88 bits per heavy atom. The Morgan fingerprint density at radius 1 is 0.825 bits per heavy atom. The zero-order valence-corrected chi connectivity index (χ0v) is 22.7. The second-order valence-corrected chi connectivity index (χ2v) is 9.38. The van der Waals surface area contributed by atoms with Gasteiger partial charge in [0.1, 0.15) is 17.2 Å². The molecule has 1 heterocycles. The number of ether oxygens (including phenoxy) is 2. The number of anilines is 3. The molecule has 4 rings (SSSR count). The monoisotopic (exact) mass is 600 g/mol. The summed E-state index contributed by atoms with van der Waals surface area (Å²) in [6, 6.07) is 9.58. The number of methoxy groups -OCH3 is 2. The van der Waals surface area contributed by atoms with Crippen LogP contribution in [0.4, 0.5) is 39.0 Å². The zero-order chi connectivity index (χ0) is 29.1. The summed E-state index contributed by atoms with van der Waals surface area (Å²) in [5.41, 5.74) is 0.369. The molecule has 7 nitrogen and oxygen atoms in total. The molecule has 0 unspecified atom stereocenters. The van der Waals surface area contributed by atoms with E-state index in [0.717, 1.165) is 4.90 Å². The second-order valence-electron chi connectivity index (χ2n) is 8.57. The maximum absolute atomic E-state index is 14.2. The first-order valence-electron chi connectivity index (χ1n) is 11.7. The molecule has 1 aliphatic rings. The number of thiocarbonyl (C=S) groups is 1. The standard InChI is InChI=1S/C26H22ClF5N4O3S/c1-38-15-9-13(10-16(12-15)39-2)25(37)34-26(40)33-14-3-4-18(17(27)11-14)35-5-7-36(8-6-35)24-22(31)20(29)19(28)21(30)23(24)32/h3-4,9-12H,5-8H2,1-2H3,(H2,33,34,37,40). The van der Waals surface area contributed by atoms with E-state index in [1.807, 2.05) is 4.90 Å². The van der Waals surface area contributed by atoms with Crippen molar-refractivity contribution in [3.63, 3.8) is 0 Å². The SMILES string of the molecule is COc1cc(OC)cc(C(=O)NC(=S)Nc2ccc(N3CCN(c4c(F)c(F)c(F)c(F)c4F)CC3)c(Cl)c2)c1. The van der Waals surface area contributed by atoms with Gasteiger partial charge < -0.3 is 24.6 Å². The molecule has 0 spiro atoms. The molecule has 1 saturated heterocycles. The quantitative estimate of drug-likeness (QED) is 0.168. The minimum atomic E-state index is -2.20. The van der Waals surface area contributed by atoms with Gasteiger partial charge in [-0.2, -0.15) is 0 Å². The molecule has 1 amide bonds. The van der Waals surface area contributed by atoms with Crippen molar-refractivity contribution >= 4 is 51.9 Å². The first-order valence-corrected chi connectivity index (χ1v) is 12.5. The van der Waals surface area contributed by atoms with Gasteiger partial charge in [0, 0.05) is 43.5 Å². The normalized spacial score (nSPS) is 13.2. The topological polar surface area (TPSA) is 66.1 Å². The zero-order valence-electron chi connectivity index (χ0n) is 21.1. The summed E-state index contributed by atoms with van der Waals surface area (Å²) in [6.45, 7) is 0.370. The number of nitrogens with zero attached hydrogens (tertiary/aromatic N) is 2. The summed E-state index contributed by atoms with van der Waals surface area (Å²) < 4.78 is 79.4. The van der Waals surface area contributed by atoms with Crippen molar-refractivity contribution in [2.24, 2.45) is 0 Å². The van der Waals surface area contributed by atoms with Gasteiger partial charge >= 0.3 is 0 Å². The Bertz CT molecular complexity index is 1420. The maximum atomic E-state index is 14.2. The predicted octanol–water partition coefficient (Wildman–Crippen LogP) is 5.51. The molecule has 3 aromatic carbocycles. The van der Waals surface area contributed by atoms with E-state index in [4.69, 9.17) is 33.3 Å². The third kappa shape index (κ3) is 5.99. The number of carbonyl (C=O) groups excluding carboxylic acids is 1. The summed E-state index contributed by atoms with van der Waals surface area (Å²) in [4.78, 5) is 15.6. The largest absolute Gasteiger partial charge is 0.497 e. The Hall–Kier alpha value is -3.84. The lowest BCUT2D eigenvalue weighted by molar-refractivity contribution is 0.0977. The molecule has 0 bridgehead atoms. The molecular weight excluding hydrogens is 579 g/mol. The Morgan fingerprint density at radius 2 is 1.35 bits per heavy atom. The van der Waals surface area contributed by atoms with E-state index >= 15 is 0 Å². The highest BCUT2D eigenvalue weighted by Crippen LogP contribution is 2.33. The highest BCUT2D eigenvalue weighted by atomic mass is 35.5. The van der Waals surface area contributed by atoms with Crippen LogP contribution in [-0.4, -0.2) is 51.4 Å². The lowest BCUT2D eigenvalue weighted by Gasteiger charge is -2.38. The van der Waals surface area contributed by atoms with E-state index < -0.39 is 40.7 Å². The van der Waals surface area contributed by atoms with Crippen molar-refractivity contribution in [3.05, 3.63) is 76.1 Å². The van der Waals surface area contributed by atoms with E-state index in [2.05, 4.69) is 10.6 Å². The van der Waals surface area contributed by atoms with Crippen LogP contribution in [0.15, 0.2) is 36.4 Å². The van der Waals surface area contributed by atoms with E-state index in [-0.39, 0.29) is 36.9 Å². The minimum absolute atomic E-state index is 0.00651. The number of halogens is 6. The van der Waals surface area contributed by atoms with E-state index in [1.165, 1.54) is 26.4 Å². The number of nitrogens with one attached hydrogen (secondary N) is 2. The van der Waals surface area contributed by atoms with Crippen LogP contribution < -0.4 is 29.9 Å². The molecule has 212 valence electrons. The molecule has 14 heteroatoms. The van der Waals surface area contributed by atoms with Crippen molar-refractivity contribution < 1.29 is 36.2 Å². The average Bonchev–Trinajstić information content (AvgIpc) is 2.95. The lowest BCUT2D eigenvalue weighted by Crippen LogP contribution is -2.47. The number of hydrogen-bond donors (Lipinski definition) is 2. The van der Waals surface area contributed by atoms with Crippen LogP contribution in [0, 0.1) is 29.1 Å². The molecule has 1 fully saturated rings. The van der Waals surface area contributed by atoms with Crippen molar-refractivity contribution in [2.75, 3.05) is 55.5 Å². The fourth-order valence-electron chi connectivity index (χ4n) is 4.16. The fourth-order valence-corrected chi connectivity index (χ4v) is 4.67. The van der Waals surface area contributed by atoms with Gasteiger partial charge in [0.25, 0.3) is 5.91 Å². The summed E-state index contributed by atoms with van der Waals surface area (Å²) in [6.07, 6.45) is 0. The smallest absolute Gasteiger partial charge is 0.257 e. The molecule has 40 heavy (non-hydrogen) atoms. The lowest BCUT2D eigenvalue weighted by atomic mass is 10.2. The number of amides is 1. The maximum Gasteiger partial charge on any atom is 0.257 e. The highest BCUT2D eigenvalue weighted by molar-refractivity contribution is 7.80. The minimum Gasteiger partial charge on any atom is -0.497 e. The van der Waals surface area contributed by atoms with E-state index in [9.17, 15) is 26.7 Å². The molecule has 2 N–H and O–H groups in total. The van der Waals surface area contributed by atoms with Crippen LogP contribution in [0.3, 0.4) is 0 Å². The van der Waals surface area contributed by atoms with Gasteiger partial charge in [0.05, 0.1) is 24.9 Å². The van der Waals surface area contributed by atoms with Gasteiger partial charge in [-0.3, -0.25) is 10.1 Å². The van der Waals surface area contributed by atoms with Gasteiger partial charge in [0.15, 0.2) is 28.4 Å². The Balaban J connectivity index is 1.39. The number of carbonyl (C=O) groups is 1. The Kier molecular flexibility index (Phi) is 8.84. The highest BCUT2D eigenvalue weighted by Gasteiger charge is 2.31. The molecular formula is C26H22ClF5N4O3S. The third-order valence-electron chi connectivity index (χ3n) is 6.17. The summed E-state index contributed by atoms with van der Waals surface area (Å²) >= 11 is 11.7. The van der Waals surface area contributed by atoms with Crippen molar-refractivity contribution in [1.29, 1.82) is 0 Å². The second kappa shape index (κ2) is 12.1. The van der Waals surface area contributed by atoms with Crippen molar-refractivity contribution in [2.45, 2.75) is 0 Å². The van der Waals surface area contributed by atoms with Crippen molar-refractivity contribution in [1.82, 2.24) is 5.32 Å². The number of rotatable bonds is 6. The molecule has 0 aromatic heterocycles. The molecule has 0 aliphatic carbocycles. The number of piperazine rings is 1. The van der Waals surface area contributed by atoms with Crippen LogP contribution >= 0.6 is 23.8 Å². The first kappa shape index (κ1) is 29.2. The van der Waals surface area contributed by atoms with Crippen LogP contribution in [0.1, 0.15) is 10.4 Å². The van der Waals surface area contributed by atoms with Crippen LogP contribution in [-0.2, 0) is 0 Å². The van der Waals surface area contributed by atoms with Gasteiger partial charge in [-0.25, -0.2) is 22.0 Å². The Labute approximate surface area is 236 Å². The number of hydrogen-bond acceptors (Lipinski definition) is 6. The average molecular weight is 601 g/mol. The fraction of sp³-hybridized carbons (Fsp3) is 0.231. The number of benzene rings is 3. The molecule has 0 saturated carbocycles. The van der Waals surface area contributed by atoms with Gasteiger partial charge in [-0.15, -0.1) is 0 Å². The van der Waals surface area contributed by atoms with Gasteiger partial charge in [0.2, 0.25) is 5.82 Å². The summed E-state index contributed by atoms with van der Waals surface area (Å²) in [7, 11) is 2.92. The summed E-state index contributed by atoms with van der Waals surface area (Å²) in [5.74, 6) is -9.54. The molecule has 0 atom stereocenters. The van der Waals surface area contributed by atoms with Gasteiger partial charge in [-0.05, 0) is 42.5 Å². The van der Waals surface area contributed by atoms with Crippen LogP contribution in [0.2, 0.25) is 5.02 Å². The third-order valence-corrected chi connectivity index (χ3v) is 6.68.